The maximum absolute atomic E-state index is 13.9. The lowest BCUT2D eigenvalue weighted by Crippen LogP contribution is -2.26. The molecular weight excluding hydrogens is 232 g/mol. The lowest BCUT2D eigenvalue weighted by molar-refractivity contribution is 0.329. The van der Waals surface area contributed by atoms with E-state index in [0.29, 0.717) is 11.5 Å². The van der Waals surface area contributed by atoms with Gasteiger partial charge in [0.2, 0.25) is 0 Å². The Morgan fingerprint density at radius 2 is 1.78 bits per heavy atom. The van der Waals surface area contributed by atoms with Crippen molar-refractivity contribution in [1.82, 2.24) is 5.32 Å². The van der Waals surface area contributed by atoms with Gasteiger partial charge in [-0.25, -0.2) is 8.78 Å². The zero-order valence-electron chi connectivity index (χ0n) is 10.9. The molecule has 3 heteroatoms. The Labute approximate surface area is 108 Å². The van der Waals surface area contributed by atoms with E-state index in [-0.39, 0.29) is 6.04 Å². The van der Waals surface area contributed by atoms with Crippen molar-refractivity contribution in [2.45, 2.75) is 44.6 Å². The van der Waals surface area contributed by atoms with Crippen molar-refractivity contribution in [1.29, 1.82) is 0 Å². The molecule has 1 aromatic carbocycles. The highest BCUT2D eigenvalue weighted by molar-refractivity contribution is 5.23. The van der Waals surface area contributed by atoms with Gasteiger partial charge < -0.3 is 5.32 Å². The highest BCUT2D eigenvalue weighted by atomic mass is 19.2. The van der Waals surface area contributed by atoms with Crippen LogP contribution in [0.3, 0.4) is 0 Å². The van der Waals surface area contributed by atoms with Gasteiger partial charge in [0.05, 0.1) is 0 Å². The third-order valence-corrected chi connectivity index (χ3v) is 4.00. The number of benzene rings is 1. The van der Waals surface area contributed by atoms with Crippen molar-refractivity contribution in [3.63, 3.8) is 0 Å². The van der Waals surface area contributed by atoms with Gasteiger partial charge in [0, 0.05) is 11.6 Å². The second-order valence-corrected chi connectivity index (χ2v) is 5.16. The first kappa shape index (κ1) is 13.5. The Balaban J connectivity index is 2.23. The van der Waals surface area contributed by atoms with Crippen LogP contribution >= 0.6 is 0 Å². The van der Waals surface area contributed by atoms with Crippen LogP contribution in [0.2, 0.25) is 0 Å². The highest BCUT2D eigenvalue weighted by Gasteiger charge is 2.26. The maximum Gasteiger partial charge on any atom is 0.163 e. The third kappa shape index (κ3) is 2.89. The molecule has 1 nitrogen and oxygen atoms in total. The Bertz CT molecular complexity index is 384. The smallest absolute Gasteiger partial charge is 0.163 e. The molecule has 2 rings (SSSR count). The summed E-state index contributed by atoms with van der Waals surface area (Å²) in [4.78, 5) is 0. The van der Waals surface area contributed by atoms with Crippen molar-refractivity contribution < 1.29 is 8.78 Å². The molecule has 1 atom stereocenters. The topological polar surface area (TPSA) is 12.0 Å². The number of hydrogen-bond donors (Lipinski definition) is 1. The van der Waals surface area contributed by atoms with Gasteiger partial charge in [-0.1, -0.05) is 37.8 Å². The van der Waals surface area contributed by atoms with E-state index in [2.05, 4.69) is 5.32 Å². The number of hydrogen-bond acceptors (Lipinski definition) is 1. The number of halogens is 2. The minimum atomic E-state index is -0.749. The van der Waals surface area contributed by atoms with E-state index in [9.17, 15) is 8.78 Å². The minimum Gasteiger partial charge on any atom is -0.313 e. The monoisotopic (exact) mass is 253 g/mol. The van der Waals surface area contributed by atoms with Crippen molar-refractivity contribution >= 4 is 0 Å². The van der Waals surface area contributed by atoms with Crippen LogP contribution in [0.15, 0.2) is 18.2 Å². The minimum absolute atomic E-state index is 0.0706. The highest BCUT2D eigenvalue weighted by Crippen LogP contribution is 2.34. The van der Waals surface area contributed by atoms with Crippen molar-refractivity contribution in [3.8, 4) is 0 Å². The molecule has 100 valence electrons. The molecule has 0 amide bonds. The van der Waals surface area contributed by atoms with Gasteiger partial charge in [-0.2, -0.15) is 0 Å². The van der Waals surface area contributed by atoms with Gasteiger partial charge >= 0.3 is 0 Å². The average molecular weight is 253 g/mol. The molecule has 0 bridgehead atoms. The Kier molecular flexibility index (Phi) is 4.70. The van der Waals surface area contributed by atoms with Crippen molar-refractivity contribution in [2.24, 2.45) is 5.92 Å². The summed E-state index contributed by atoms with van der Waals surface area (Å²) in [7, 11) is 1.83. The molecule has 1 unspecified atom stereocenters. The molecule has 1 N–H and O–H groups in total. The normalized spacial score (nSPS) is 19.5. The molecule has 0 aliphatic heterocycles. The summed E-state index contributed by atoms with van der Waals surface area (Å²) in [5.41, 5.74) is 0.476. The molecule has 0 radical (unpaired) electrons. The summed E-state index contributed by atoms with van der Waals surface area (Å²) >= 11 is 0. The Hall–Kier alpha value is -0.960. The van der Waals surface area contributed by atoms with Crippen LogP contribution < -0.4 is 5.32 Å². The standard InChI is InChI=1S/C15H21F2N/c1-18-15(11-7-4-2-3-5-8-11)12-9-6-10-13(16)14(12)17/h6,9-11,15,18H,2-5,7-8H2,1H3. The van der Waals surface area contributed by atoms with Crippen LogP contribution in [0.25, 0.3) is 0 Å². The van der Waals surface area contributed by atoms with Gasteiger partial charge in [0.15, 0.2) is 11.6 Å². The zero-order valence-corrected chi connectivity index (χ0v) is 10.9. The molecule has 0 saturated heterocycles. The second kappa shape index (κ2) is 6.28. The maximum atomic E-state index is 13.9. The lowest BCUT2D eigenvalue weighted by atomic mass is 9.87. The molecule has 0 spiro atoms. The first-order valence-corrected chi connectivity index (χ1v) is 6.85. The van der Waals surface area contributed by atoms with Gasteiger partial charge in [-0.3, -0.25) is 0 Å². The van der Waals surface area contributed by atoms with E-state index in [1.165, 1.54) is 31.7 Å². The van der Waals surface area contributed by atoms with E-state index < -0.39 is 11.6 Å². The zero-order chi connectivity index (χ0) is 13.0. The Morgan fingerprint density at radius 3 is 2.39 bits per heavy atom. The molecule has 1 aliphatic carbocycles. The predicted octanol–water partition coefficient (Wildman–Crippen LogP) is 4.20. The van der Waals surface area contributed by atoms with E-state index in [1.54, 1.807) is 12.1 Å². The molecule has 1 fully saturated rings. The van der Waals surface area contributed by atoms with E-state index in [4.69, 9.17) is 0 Å². The van der Waals surface area contributed by atoms with Crippen LogP contribution in [0.5, 0.6) is 0 Å². The van der Waals surface area contributed by atoms with Gasteiger partial charge in [-0.05, 0) is 31.9 Å². The first-order chi connectivity index (χ1) is 8.74. The number of nitrogens with one attached hydrogen (secondary N) is 1. The van der Waals surface area contributed by atoms with Crippen LogP contribution in [-0.4, -0.2) is 7.05 Å². The molecular formula is C15H21F2N. The van der Waals surface area contributed by atoms with E-state index in [0.717, 1.165) is 12.8 Å². The van der Waals surface area contributed by atoms with Gasteiger partial charge in [0.1, 0.15) is 0 Å². The van der Waals surface area contributed by atoms with Gasteiger partial charge in [0.25, 0.3) is 0 Å². The summed E-state index contributed by atoms with van der Waals surface area (Å²) < 4.78 is 27.2. The summed E-state index contributed by atoms with van der Waals surface area (Å²) in [6.45, 7) is 0. The van der Waals surface area contributed by atoms with Gasteiger partial charge in [-0.15, -0.1) is 0 Å². The number of rotatable bonds is 3. The molecule has 1 aliphatic rings. The van der Waals surface area contributed by atoms with Crippen LogP contribution in [0, 0.1) is 17.6 Å². The SMILES string of the molecule is CNC(c1cccc(F)c1F)C1CCCCCC1. The van der Waals surface area contributed by atoms with Crippen LogP contribution in [0.1, 0.15) is 50.1 Å². The Morgan fingerprint density at radius 1 is 1.11 bits per heavy atom. The average Bonchev–Trinajstić information content (AvgIpc) is 2.64. The quantitative estimate of drug-likeness (QED) is 0.796. The van der Waals surface area contributed by atoms with Crippen LogP contribution in [-0.2, 0) is 0 Å². The van der Waals surface area contributed by atoms with Crippen molar-refractivity contribution in [2.75, 3.05) is 7.05 Å². The summed E-state index contributed by atoms with van der Waals surface area (Å²) in [5, 5.41) is 3.18. The largest absolute Gasteiger partial charge is 0.313 e. The molecule has 1 aromatic rings. The molecule has 0 heterocycles. The fraction of sp³-hybridized carbons (Fsp3) is 0.600. The molecule has 0 aromatic heterocycles. The summed E-state index contributed by atoms with van der Waals surface area (Å²) in [6, 6.07) is 4.40. The third-order valence-electron chi connectivity index (χ3n) is 4.00. The van der Waals surface area contributed by atoms with Crippen LogP contribution in [0.4, 0.5) is 8.78 Å². The van der Waals surface area contributed by atoms with E-state index >= 15 is 0 Å². The van der Waals surface area contributed by atoms with Crippen molar-refractivity contribution in [3.05, 3.63) is 35.4 Å². The summed E-state index contributed by atoms with van der Waals surface area (Å²) in [6.07, 6.45) is 7.11. The van der Waals surface area contributed by atoms with E-state index in [1.807, 2.05) is 7.05 Å². The fourth-order valence-corrected chi connectivity index (χ4v) is 3.05. The second-order valence-electron chi connectivity index (χ2n) is 5.16. The summed E-state index contributed by atoms with van der Waals surface area (Å²) in [5.74, 6) is -1.03. The predicted molar refractivity (Wildman–Crippen MR) is 69.4 cm³/mol. The molecule has 18 heavy (non-hydrogen) atoms. The molecule has 1 saturated carbocycles. The fourth-order valence-electron chi connectivity index (χ4n) is 3.05. The lowest BCUT2D eigenvalue weighted by Gasteiger charge is -2.26. The first-order valence-electron chi connectivity index (χ1n) is 6.85.